The Kier molecular flexibility index (Phi) is 7.02. The predicted molar refractivity (Wildman–Crippen MR) is 130 cm³/mol. The lowest BCUT2D eigenvalue weighted by molar-refractivity contribution is 0.0932. The van der Waals surface area contributed by atoms with Gasteiger partial charge in [0, 0.05) is 40.7 Å². The van der Waals surface area contributed by atoms with Crippen molar-refractivity contribution in [1.29, 1.82) is 0 Å². The molecule has 9 heteroatoms. The number of pyridine rings is 1. The number of halogens is 2. The van der Waals surface area contributed by atoms with E-state index in [0.29, 0.717) is 39.4 Å². The first-order valence-corrected chi connectivity index (χ1v) is 10.8. The second-order valence-corrected chi connectivity index (χ2v) is 8.05. The molecular weight excluding hydrogens is 459 g/mol. The number of amidine groups is 1. The van der Waals surface area contributed by atoms with E-state index in [4.69, 9.17) is 28.9 Å². The summed E-state index contributed by atoms with van der Waals surface area (Å²) in [6.45, 7) is 0.454. The topological polar surface area (TPSA) is 98.2 Å². The minimum absolute atomic E-state index is 0.251. The van der Waals surface area contributed by atoms with Crippen LogP contribution >= 0.6 is 23.2 Å². The van der Waals surface area contributed by atoms with Crippen LogP contribution in [0.1, 0.15) is 27.7 Å². The first kappa shape index (κ1) is 22.5. The molecule has 33 heavy (non-hydrogen) atoms. The normalized spacial score (nSPS) is 12.4. The lowest BCUT2D eigenvalue weighted by atomic mass is 10.1. The molecule has 1 atom stereocenters. The van der Waals surface area contributed by atoms with Gasteiger partial charge in [-0.05, 0) is 54.1 Å². The minimum atomic E-state index is -0.394. The summed E-state index contributed by atoms with van der Waals surface area (Å²) in [5.41, 5.74) is 8.46. The van der Waals surface area contributed by atoms with Gasteiger partial charge in [0.25, 0.3) is 5.91 Å². The highest BCUT2D eigenvalue weighted by Crippen LogP contribution is 2.28. The van der Waals surface area contributed by atoms with Crippen LogP contribution < -0.4 is 11.1 Å². The molecule has 2 aromatic heterocycles. The lowest BCUT2D eigenvalue weighted by Gasteiger charge is -2.21. The van der Waals surface area contributed by atoms with Crippen LogP contribution in [-0.2, 0) is 6.54 Å². The molecule has 0 saturated heterocycles. The molecule has 7 nitrogen and oxygen atoms in total. The largest absolute Gasteiger partial charge is 0.382 e. The molecule has 0 bridgehead atoms. The fraction of sp³-hybridized carbons (Fsp3) is 0.0833. The van der Waals surface area contributed by atoms with Crippen LogP contribution in [0, 0.1) is 0 Å². The standard InChI is InChI=1S/C24H20Cl2N6O/c25-17-6-9-19(20(26)13-17)22(14-32-12-11-28-15-32)31-24(33)16-4-7-18(8-5-16)30-23(27)21-3-1-2-10-29-21/h1-13,15,22H,14H2,(H2,27,30)(H,31,33)/t22-/m0/s1. The third-order valence-electron chi connectivity index (χ3n) is 4.90. The zero-order chi connectivity index (χ0) is 23.2. The number of rotatable bonds is 7. The summed E-state index contributed by atoms with van der Waals surface area (Å²) >= 11 is 12.5. The van der Waals surface area contributed by atoms with E-state index in [0.717, 1.165) is 5.56 Å². The van der Waals surface area contributed by atoms with Crippen LogP contribution in [0.2, 0.25) is 10.0 Å². The molecule has 4 aromatic rings. The predicted octanol–water partition coefficient (Wildman–Crippen LogP) is 4.79. The fourth-order valence-corrected chi connectivity index (χ4v) is 3.79. The van der Waals surface area contributed by atoms with Crippen molar-refractivity contribution in [1.82, 2.24) is 19.9 Å². The molecule has 3 N–H and O–H groups in total. The number of amides is 1. The fourth-order valence-electron chi connectivity index (χ4n) is 3.25. The maximum absolute atomic E-state index is 13.0. The number of aromatic nitrogens is 3. The zero-order valence-electron chi connectivity index (χ0n) is 17.4. The Balaban J connectivity index is 1.53. The number of benzene rings is 2. The monoisotopic (exact) mass is 478 g/mol. The van der Waals surface area contributed by atoms with Crippen LogP contribution in [0.4, 0.5) is 5.69 Å². The van der Waals surface area contributed by atoms with E-state index in [1.807, 2.05) is 29.0 Å². The highest BCUT2D eigenvalue weighted by atomic mass is 35.5. The SMILES string of the molecule is NC(=Nc1ccc(C(=O)N[C@@H](Cn2ccnc2)c2ccc(Cl)cc2Cl)cc1)c1ccccn1. The maximum atomic E-state index is 13.0. The molecule has 0 spiro atoms. The molecule has 0 aliphatic rings. The third-order valence-corrected chi connectivity index (χ3v) is 5.46. The van der Waals surface area contributed by atoms with Gasteiger partial charge in [-0.25, -0.2) is 9.98 Å². The maximum Gasteiger partial charge on any atom is 0.251 e. The van der Waals surface area contributed by atoms with Crippen molar-refractivity contribution in [3.8, 4) is 0 Å². The molecule has 0 radical (unpaired) electrons. The second-order valence-electron chi connectivity index (χ2n) is 7.21. The molecule has 0 unspecified atom stereocenters. The minimum Gasteiger partial charge on any atom is -0.382 e. The van der Waals surface area contributed by atoms with E-state index < -0.39 is 6.04 Å². The van der Waals surface area contributed by atoms with Crippen LogP contribution in [0.3, 0.4) is 0 Å². The molecule has 4 rings (SSSR count). The molecule has 0 aliphatic heterocycles. The van der Waals surface area contributed by atoms with Crippen LogP contribution in [-0.4, -0.2) is 26.3 Å². The van der Waals surface area contributed by atoms with Crippen molar-refractivity contribution < 1.29 is 4.79 Å². The highest BCUT2D eigenvalue weighted by molar-refractivity contribution is 6.35. The van der Waals surface area contributed by atoms with Gasteiger partial charge in [-0.15, -0.1) is 0 Å². The Bertz CT molecular complexity index is 1260. The van der Waals surface area contributed by atoms with Crippen molar-refractivity contribution >= 4 is 40.6 Å². The van der Waals surface area contributed by atoms with Gasteiger partial charge in [0.05, 0.1) is 18.1 Å². The number of carbonyl (C=O) groups is 1. The van der Waals surface area contributed by atoms with Gasteiger partial charge in [-0.2, -0.15) is 0 Å². The van der Waals surface area contributed by atoms with Gasteiger partial charge in [0.2, 0.25) is 0 Å². The molecule has 0 fully saturated rings. The van der Waals surface area contributed by atoms with Crippen molar-refractivity contribution in [3.63, 3.8) is 0 Å². The summed E-state index contributed by atoms with van der Waals surface area (Å²) in [6.07, 6.45) is 6.83. The number of hydrogen-bond acceptors (Lipinski definition) is 4. The average Bonchev–Trinajstić information content (AvgIpc) is 3.33. The molecule has 166 valence electrons. The second kappa shape index (κ2) is 10.3. The molecule has 2 aromatic carbocycles. The summed E-state index contributed by atoms with van der Waals surface area (Å²) in [6, 6.07) is 17.1. The first-order valence-electron chi connectivity index (χ1n) is 10.1. The Hall–Kier alpha value is -3.68. The van der Waals surface area contributed by atoms with Crippen LogP contribution in [0.5, 0.6) is 0 Å². The number of hydrogen-bond donors (Lipinski definition) is 2. The van der Waals surface area contributed by atoms with E-state index in [1.54, 1.807) is 61.2 Å². The van der Waals surface area contributed by atoms with Gasteiger partial charge >= 0.3 is 0 Å². The van der Waals surface area contributed by atoms with E-state index >= 15 is 0 Å². The van der Waals surface area contributed by atoms with Crippen molar-refractivity contribution in [2.24, 2.45) is 10.7 Å². The Labute approximate surface area is 200 Å². The third kappa shape index (κ3) is 5.77. The van der Waals surface area contributed by atoms with Crippen molar-refractivity contribution in [3.05, 3.63) is 112 Å². The average molecular weight is 479 g/mol. The van der Waals surface area contributed by atoms with Crippen LogP contribution in [0.25, 0.3) is 0 Å². The first-order chi connectivity index (χ1) is 16.0. The Morgan fingerprint density at radius 2 is 1.91 bits per heavy atom. The van der Waals surface area contributed by atoms with Gasteiger partial charge in [0.15, 0.2) is 0 Å². The summed E-state index contributed by atoms with van der Waals surface area (Å²) in [7, 11) is 0. The number of imidazole rings is 1. The number of aliphatic imine (C=N–C) groups is 1. The molecule has 0 saturated carbocycles. The zero-order valence-corrected chi connectivity index (χ0v) is 18.9. The lowest BCUT2D eigenvalue weighted by Crippen LogP contribution is -2.31. The van der Waals surface area contributed by atoms with E-state index in [1.165, 1.54) is 0 Å². The Morgan fingerprint density at radius 3 is 2.58 bits per heavy atom. The van der Waals surface area contributed by atoms with Crippen molar-refractivity contribution in [2.45, 2.75) is 12.6 Å². The van der Waals surface area contributed by atoms with Gasteiger partial charge in [-0.1, -0.05) is 35.3 Å². The number of carbonyl (C=O) groups excluding carboxylic acids is 1. The van der Waals surface area contributed by atoms with Crippen LogP contribution in [0.15, 0.2) is 90.6 Å². The highest BCUT2D eigenvalue weighted by Gasteiger charge is 2.19. The molecule has 2 heterocycles. The van der Waals surface area contributed by atoms with Crippen molar-refractivity contribution in [2.75, 3.05) is 0 Å². The van der Waals surface area contributed by atoms with Gasteiger partial charge in [0.1, 0.15) is 11.5 Å². The molecular formula is C24H20Cl2N6O. The summed E-state index contributed by atoms with van der Waals surface area (Å²) < 4.78 is 1.87. The molecule has 1 amide bonds. The van der Waals surface area contributed by atoms with E-state index in [2.05, 4.69) is 20.3 Å². The van der Waals surface area contributed by atoms with Gasteiger partial charge < -0.3 is 15.6 Å². The number of nitrogens with two attached hydrogens (primary N) is 1. The summed E-state index contributed by atoms with van der Waals surface area (Å²) in [4.78, 5) is 25.6. The summed E-state index contributed by atoms with van der Waals surface area (Å²) in [5.74, 6) is 0.0462. The molecule has 0 aliphatic carbocycles. The van der Waals surface area contributed by atoms with E-state index in [9.17, 15) is 4.79 Å². The van der Waals surface area contributed by atoms with Gasteiger partial charge in [-0.3, -0.25) is 9.78 Å². The number of nitrogens with one attached hydrogen (secondary N) is 1. The quantitative estimate of drug-likeness (QED) is 0.294. The Morgan fingerprint density at radius 1 is 1.09 bits per heavy atom. The summed E-state index contributed by atoms with van der Waals surface area (Å²) in [5, 5.41) is 4.05. The van der Waals surface area contributed by atoms with E-state index in [-0.39, 0.29) is 5.91 Å². The smallest absolute Gasteiger partial charge is 0.251 e. The number of nitrogens with zero attached hydrogens (tertiary/aromatic N) is 4.